The predicted molar refractivity (Wildman–Crippen MR) is 117 cm³/mol. The van der Waals surface area contributed by atoms with Gasteiger partial charge in [0.1, 0.15) is 11.3 Å². The zero-order valence-electron chi connectivity index (χ0n) is 20.1. The number of ether oxygens (including phenoxy) is 2. The van der Waals surface area contributed by atoms with Gasteiger partial charge >= 0.3 is 6.09 Å². The second kappa shape index (κ2) is 8.84. The van der Waals surface area contributed by atoms with Crippen molar-refractivity contribution >= 4 is 14.4 Å². The van der Waals surface area contributed by atoms with Crippen molar-refractivity contribution in [2.45, 2.75) is 104 Å². The highest BCUT2D eigenvalue weighted by molar-refractivity contribution is 6.74. The van der Waals surface area contributed by atoms with E-state index in [0.717, 1.165) is 0 Å². The number of azide groups is 1. The lowest BCUT2D eigenvalue weighted by atomic mass is 9.97. The van der Waals surface area contributed by atoms with Crippen molar-refractivity contribution in [1.29, 1.82) is 0 Å². The van der Waals surface area contributed by atoms with Gasteiger partial charge in [0, 0.05) is 11.5 Å². The van der Waals surface area contributed by atoms with Crippen LogP contribution in [-0.2, 0) is 13.9 Å². The first-order valence-corrected chi connectivity index (χ1v) is 13.2. The van der Waals surface area contributed by atoms with Crippen molar-refractivity contribution in [2.75, 3.05) is 13.2 Å². The molecule has 1 rings (SSSR count). The fourth-order valence-corrected chi connectivity index (χ4v) is 4.52. The minimum Gasteiger partial charge on any atom is -0.444 e. The summed E-state index contributed by atoms with van der Waals surface area (Å²) in [5.74, 6) is -0.0903. The molecule has 9 heteroatoms. The van der Waals surface area contributed by atoms with Crippen molar-refractivity contribution in [3.63, 3.8) is 0 Å². The van der Waals surface area contributed by atoms with E-state index in [0.29, 0.717) is 6.61 Å². The fraction of sp³-hybridized carbons (Fsp3) is 0.950. The van der Waals surface area contributed by atoms with E-state index >= 15 is 0 Å². The molecule has 0 radical (unpaired) electrons. The zero-order valence-corrected chi connectivity index (χ0v) is 21.1. The molecule has 0 aromatic carbocycles. The van der Waals surface area contributed by atoms with Gasteiger partial charge in [0.05, 0.1) is 18.8 Å². The molecule has 1 fully saturated rings. The molecule has 29 heavy (non-hydrogen) atoms. The summed E-state index contributed by atoms with van der Waals surface area (Å²) in [5, 5.41) is 3.76. The van der Waals surface area contributed by atoms with Gasteiger partial charge < -0.3 is 13.9 Å². The molecule has 0 spiro atoms. The Morgan fingerprint density at radius 3 is 2.31 bits per heavy atom. The van der Waals surface area contributed by atoms with Gasteiger partial charge in [0.2, 0.25) is 0 Å². The van der Waals surface area contributed by atoms with E-state index < -0.39 is 25.7 Å². The van der Waals surface area contributed by atoms with Crippen molar-refractivity contribution in [2.24, 2.45) is 11.0 Å². The number of amides is 1. The molecule has 1 heterocycles. The Morgan fingerprint density at radius 1 is 1.31 bits per heavy atom. The second-order valence-electron chi connectivity index (χ2n) is 10.9. The normalized spacial score (nSPS) is 22.0. The molecule has 3 atom stereocenters. The number of nitrogens with zero attached hydrogens (tertiary/aromatic N) is 4. The van der Waals surface area contributed by atoms with Crippen LogP contribution in [-0.4, -0.2) is 55.9 Å². The monoisotopic (exact) mass is 428 g/mol. The van der Waals surface area contributed by atoms with Crippen LogP contribution in [0.2, 0.25) is 18.1 Å². The van der Waals surface area contributed by atoms with Crippen molar-refractivity contribution in [3.05, 3.63) is 10.4 Å². The summed E-state index contributed by atoms with van der Waals surface area (Å²) in [6, 6.07) is -0.335. The van der Waals surface area contributed by atoms with E-state index in [1.165, 1.54) is 0 Å². The zero-order chi connectivity index (χ0) is 22.8. The number of carbonyl (C=O) groups is 1. The molecule has 0 aliphatic carbocycles. The number of hydrogen-bond acceptors (Lipinski definition) is 5. The first kappa shape index (κ1) is 25.8. The van der Waals surface area contributed by atoms with Gasteiger partial charge in [-0.05, 0) is 64.2 Å². The third-order valence-electron chi connectivity index (χ3n) is 5.72. The summed E-state index contributed by atoms with van der Waals surface area (Å²) in [4.78, 5) is 17.6. The van der Waals surface area contributed by atoms with Crippen LogP contribution in [0.1, 0.15) is 62.3 Å². The summed E-state index contributed by atoms with van der Waals surface area (Å²) in [6.07, 6.45) is -0.763. The molecule has 1 saturated heterocycles. The second-order valence-corrected chi connectivity index (χ2v) is 15.7. The van der Waals surface area contributed by atoms with Crippen LogP contribution in [0, 0.1) is 5.92 Å². The molecule has 0 N–H and O–H groups in total. The maximum atomic E-state index is 13.1. The van der Waals surface area contributed by atoms with E-state index in [9.17, 15) is 4.79 Å². The van der Waals surface area contributed by atoms with E-state index in [4.69, 9.17) is 19.4 Å². The van der Waals surface area contributed by atoms with Crippen LogP contribution in [0.15, 0.2) is 5.11 Å². The average molecular weight is 429 g/mol. The largest absolute Gasteiger partial charge is 0.444 e. The predicted octanol–water partition coefficient (Wildman–Crippen LogP) is 5.70. The van der Waals surface area contributed by atoms with Crippen molar-refractivity contribution in [1.82, 2.24) is 4.90 Å². The minimum atomic E-state index is -2.16. The molecule has 0 unspecified atom stereocenters. The molecule has 0 aromatic heterocycles. The van der Waals surface area contributed by atoms with E-state index in [1.54, 1.807) is 4.90 Å². The average Bonchev–Trinajstić information content (AvgIpc) is 2.82. The van der Waals surface area contributed by atoms with Gasteiger partial charge in [-0.25, -0.2) is 4.79 Å². The van der Waals surface area contributed by atoms with Crippen molar-refractivity contribution < 1.29 is 18.7 Å². The molecule has 8 nitrogen and oxygen atoms in total. The lowest BCUT2D eigenvalue weighted by molar-refractivity contribution is -0.0691. The molecular formula is C20H40N4O4Si. The summed E-state index contributed by atoms with van der Waals surface area (Å²) >= 11 is 0. The quantitative estimate of drug-likeness (QED) is 0.235. The first-order valence-electron chi connectivity index (χ1n) is 10.3. The summed E-state index contributed by atoms with van der Waals surface area (Å²) < 4.78 is 18.4. The Balaban J connectivity index is 3.33. The molecule has 1 amide bonds. The molecule has 0 saturated carbocycles. The highest BCUT2D eigenvalue weighted by Crippen LogP contribution is 2.41. The molecule has 0 bridgehead atoms. The van der Waals surface area contributed by atoms with E-state index in [1.807, 2.05) is 41.5 Å². The third kappa shape index (κ3) is 6.60. The van der Waals surface area contributed by atoms with E-state index in [-0.39, 0.29) is 29.6 Å². The molecular weight excluding hydrogens is 388 g/mol. The SMILES string of the molecule is C[C@@H](CN=[N+]=[N-])[C@@H](O[Si](C)(C)C(C)(C)C)[C@H]1COC(C)(C)N1C(=O)OC(C)(C)C. The van der Waals surface area contributed by atoms with Crippen LogP contribution in [0.25, 0.3) is 10.4 Å². The highest BCUT2D eigenvalue weighted by Gasteiger charge is 2.52. The van der Waals surface area contributed by atoms with Crippen LogP contribution < -0.4 is 0 Å². The summed E-state index contributed by atoms with van der Waals surface area (Å²) in [5.41, 5.74) is 7.35. The first-order chi connectivity index (χ1) is 12.9. The van der Waals surface area contributed by atoms with Gasteiger partial charge in [-0.1, -0.05) is 32.8 Å². The van der Waals surface area contributed by atoms with Gasteiger partial charge in [-0.15, -0.1) is 0 Å². The van der Waals surface area contributed by atoms with Crippen LogP contribution >= 0.6 is 0 Å². The van der Waals surface area contributed by atoms with Gasteiger partial charge in [0.15, 0.2) is 8.32 Å². The fourth-order valence-electron chi connectivity index (χ4n) is 3.10. The number of carbonyl (C=O) groups excluding carboxylic acids is 1. The topological polar surface area (TPSA) is 96.8 Å². The molecule has 168 valence electrons. The lowest BCUT2D eigenvalue weighted by Gasteiger charge is -2.45. The Bertz CT molecular complexity index is 633. The standard InChI is InChI=1S/C20H40N4O4Si/c1-14(12-22-23-21)16(28-29(10,11)19(5,6)7)15-13-26-20(8,9)24(15)17(25)27-18(2,3)4/h14-16H,12-13H2,1-11H3/t14-,15+,16+/m0/s1. The Labute approximate surface area is 177 Å². The van der Waals surface area contributed by atoms with Crippen LogP contribution in [0.5, 0.6) is 0 Å². The molecule has 1 aliphatic heterocycles. The lowest BCUT2D eigenvalue weighted by Crippen LogP contribution is -2.58. The van der Waals surface area contributed by atoms with Crippen LogP contribution in [0.4, 0.5) is 4.79 Å². The maximum Gasteiger partial charge on any atom is 0.412 e. The van der Waals surface area contributed by atoms with Gasteiger partial charge in [-0.2, -0.15) is 0 Å². The van der Waals surface area contributed by atoms with Crippen LogP contribution in [0.3, 0.4) is 0 Å². The van der Waals surface area contributed by atoms with Crippen molar-refractivity contribution in [3.8, 4) is 0 Å². The highest BCUT2D eigenvalue weighted by atomic mass is 28.4. The Kier molecular flexibility index (Phi) is 7.85. The Hall–Kier alpha value is -1.28. The summed E-state index contributed by atoms with van der Waals surface area (Å²) in [6.45, 7) is 22.8. The maximum absolute atomic E-state index is 13.1. The van der Waals surface area contributed by atoms with E-state index in [2.05, 4.69) is 43.9 Å². The number of rotatable bonds is 6. The summed E-state index contributed by atoms with van der Waals surface area (Å²) in [7, 11) is -2.16. The smallest absolute Gasteiger partial charge is 0.412 e. The number of hydrogen-bond donors (Lipinski definition) is 0. The minimum absolute atomic E-state index is 0.00477. The van der Waals surface area contributed by atoms with Gasteiger partial charge in [-0.3, -0.25) is 4.90 Å². The Morgan fingerprint density at radius 2 is 1.86 bits per heavy atom. The van der Waals surface area contributed by atoms with Gasteiger partial charge in [0.25, 0.3) is 0 Å². The molecule has 0 aromatic rings. The molecule has 1 aliphatic rings. The third-order valence-corrected chi connectivity index (χ3v) is 10.2.